The number of aliphatic hydroxyl groups is 1. The maximum Gasteiger partial charge on any atom is 0.139 e. The highest BCUT2D eigenvalue weighted by Crippen LogP contribution is 2.25. The van der Waals surface area contributed by atoms with Gasteiger partial charge >= 0.3 is 0 Å². The van der Waals surface area contributed by atoms with Gasteiger partial charge in [-0.3, -0.25) is 0 Å². The number of imidazole rings is 1. The standard InChI is InChI=1S/C24H23FN2O3/c1-17(28)24-26-11-13-27(24)12-2-3-19-4-5-20(15-23(19)25)18-6-8-21(9-7-18)30-22-10-14-29-16-22/h4-9,11,13,15,17,22,28H,10,12,14,16H2,1H3/t17?,22-/m0/s1. The molecule has 1 fully saturated rings. The molecule has 1 N–H and O–H groups in total. The van der Waals surface area contributed by atoms with Gasteiger partial charge in [0, 0.05) is 18.8 Å². The quantitative estimate of drug-likeness (QED) is 0.652. The van der Waals surface area contributed by atoms with E-state index in [1.807, 2.05) is 30.3 Å². The van der Waals surface area contributed by atoms with Gasteiger partial charge < -0.3 is 19.1 Å². The molecule has 0 spiro atoms. The van der Waals surface area contributed by atoms with Crippen molar-refractivity contribution in [1.82, 2.24) is 9.55 Å². The first-order chi connectivity index (χ1) is 14.6. The smallest absolute Gasteiger partial charge is 0.139 e. The van der Waals surface area contributed by atoms with E-state index in [1.165, 1.54) is 6.07 Å². The fourth-order valence-electron chi connectivity index (χ4n) is 3.36. The van der Waals surface area contributed by atoms with Crippen LogP contribution >= 0.6 is 0 Å². The van der Waals surface area contributed by atoms with Crippen molar-refractivity contribution in [2.24, 2.45) is 0 Å². The van der Waals surface area contributed by atoms with E-state index in [0.717, 1.165) is 29.9 Å². The topological polar surface area (TPSA) is 56.5 Å². The summed E-state index contributed by atoms with van der Waals surface area (Å²) in [5.41, 5.74) is 2.02. The maximum atomic E-state index is 14.6. The van der Waals surface area contributed by atoms with Gasteiger partial charge in [-0.1, -0.05) is 30.0 Å². The van der Waals surface area contributed by atoms with Crippen LogP contribution in [0.25, 0.3) is 11.1 Å². The Hall–Kier alpha value is -3.14. The van der Waals surface area contributed by atoms with Crippen LogP contribution in [0.1, 0.15) is 30.8 Å². The lowest BCUT2D eigenvalue weighted by Gasteiger charge is -2.12. The summed E-state index contributed by atoms with van der Waals surface area (Å²) in [6, 6.07) is 12.6. The summed E-state index contributed by atoms with van der Waals surface area (Å²) < 4.78 is 27.5. The highest BCUT2D eigenvalue weighted by atomic mass is 19.1. The normalized spacial score (nSPS) is 16.7. The van der Waals surface area contributed by atoms with Crippen molar-refractivity contribution in [1.29, 1.82) is 0 Å². The van der Waals surface area contributed by atoms with E-state index in [2.05, 4.69) is 16.8 Å². The zero-order valence-electron chi connectivity index (χ0n) is 16.7. The van der Waals surface area contributed by atoms with Gasteiger partial charge in [-0.2, -0.15) is 0 Å². The maximum absolute atomic E-state index is 14.6. The second-order valence-corrected chi connectivity index (χ2v) is 7.21. The highest BCUT2D eigenvalue weighted by molar-refractivity contribution is 5.65. The molecule has 1 aliphatic heterocycles. The molecule has 0 amide bonds. The summed E-state index contributed by atoms with van der Waals surface area (Å²) in [7, 11) is 0. The van der Waals surface area contributed by atoms with E-state index in [-0.39, 0.29) is 11.9 Å². The zero-order valence-corrected chi connectivity index (χ0v) is 16.7. The fraction of sp³-hybridized carbons (Fsp3) is 0.292. The van der Waals surface area contributed by atoms with Gasteiger partial charge in [0.05, 0.1) is 25.3 Å². The Morgan fingerprint density at radius 3 is 2.77 bits per heavy atom. The number of aliphatic hydroxyl groups excluding tert-OH is 1. The second-order valence-electron chi connectivity index (χ2n) is 7.21. The van der Waals surface area contributed by atoms with Crippen molar-refractivity contribution >= 4 is 0 Å². The SMILES string of the molecule is CC(O)c1nccn1CC#Cc1ccc(-c2ccc(O[C@H]3CCOC3)cc2)cc1F. The third-order valence-corrected chi connectivity index (χ3v) is 4.94. The lowest BCUT2D eigenvalue weighted by molar-refractivity contribution is 0.141. The van der Waals surface area contributed by atoms with Crippen LogP contribution in [0.3, 0.4) is 0 Å². The Labute approximate surface area is 175 Å². The predicted molar refractivity (Wildman–Crippen MR) is 111 cm³/mol. The van der Waals surface area contributed by atoms with E-state index >= 15 is 0 Å². The summed E-state index contributed by atoms with van der Waals surface area (Å²) in [5.74, 6) is 6.74. The van der Waals surface area contributed by atoms with Crippen LogP contribution in [0, 0.1) is 17.7 Å². The van der Waals surface area contributed by atoms with Gasteiger partial charge in [0.2, 0.25) is 0 Å². The molecule has 154 valence electrons. The molecule has 3 aromatic rings. The van der Waals surface area contributed by atoms with Crippen LogP contribution in [-0.4, -0.2) is 34.0 Å². The van der Waals surface area contributed by atoms with E-state index in [4.69, 9.17) is 9.47 Å². The third kappa shape index (κ3) is 4.70. The van der Waals surface area contributed by atoms with E-state index < -0.39 is 6.10 Å². The molecule has 5 nitrogen and oxygen atoms in total. The lowest BCUT2D eigenvalue weighted by atomic mass is 10.0. The monoisotopic (exact) mass is 406 g/mol. The van der Waals surface area contributed by atoms with Crippen LogP contribution < -0.4 is 4.74 Å². The Balaban J connectivity index is 1.43. The molecule has 1 aromatic heterocycles. The van der Waals surface area contributed by atoms with E-state index in [9.17, 15) is 9.50 Å². The molecular formula is C24H23FN2O3. The average Bonchev–Trinajstić information content (AvgIpc) is 3.42. The van der Waals surface area contributed by atoms with Gasteiger partial charge in [-0.05, 0) is 42.3 Å². The van der Waals surface area contributed by atoms with Crippen LogP contribution in [-0.2, 0) is 11.3 Å². The number of hydrogen-bond donors (Lipinski definition) is 1. The summed E-state index contributed by atoms with van der Waals surface area (Å²) in [6.45, 7) is 3.33. The molecule has 0 bridgehead atoms. The molecule has 0 saturated carbocycles. The van der Waals surface area contributed by atoms with E-state index in [1.54, 1.807) is 30.0 Å². The van der Waals surface area contributed by atoms with Crippen molar-refractivity contribution in [3.63, 3.8) is 0 Å². The first-order valence-electron chi connectivity index (χ1n) is 9.92. The number of benzene rings is 2. The fourth-order valence-corrected chi connectivity index (χ4v) is 3.36. The summed E-state index contributed by atoms with van der Waals surface area (Å²) in [6.07, 6.45) is 3.67. The molecule has 2 aromatic carbocycles. The Morgan fingerprint density at radius 2 is 2.07 bits per heavy atom. The van der Waals surface area contributed by atoms with Crippen molar-refractivity contribution in [3.8, 4) is 28.7 Å². The third-order valence-electron chi connectivity index (χ3n) is 4.94. The molecule has 2 heterocycles. The van der Waals surface area contributed by atoms with Crippen molar-refractivity contribution < 1.29 is 19.0 Å². The minimum Gasteiger partial charge on any atom is -0.488 e. The predicted octanol–water partition coefficient (Wildman–Crippen LogP) is 3.96. The van der Waals surface area contributed by atoms with Crippen LogP contribution in [0.15, 0.2) is 54.9 Å². The summed E-state index contributed by atoms with van der Waals surface area (Å²) in [5, 5.41) is 9.68. The van der Waals surface area contributed by atoms with Crippen molar-refractivity contribution in [2.45, 2.75) is 32.1 Å². The van der Waals surface area contributed by atoms with Crippen molar-refractivity contribution in [3.05, 3.63) is 72.1 Å². The van der Waals surface area contributed by atoms with Crippen molar-refractivity contribution in [2.75, 3.05) is 13.2 Å². The summed E-state index contributed by atoms with van der Waals surface area (Å²) >= 11 is 0. The molecule has 4 rings (SSSR count). The molecule has 1 saturated heterocycles. The Bertz CT molecular complexity index is 1060. The number of ether oxygens (including phenoxy) is 2. The first-order valence-corrected chi connectivity index (χ1v) is 9.92. The Morgan fingerprint density at radius 1 is 1.27 bits per heavy atom. The highest BCUT2D eigenvalue weighted by Gasteiger charge is 2.17. The van der Waals surface area contributed by atoms with Crippen LogP contribution in [0.2, 0.25) is 0 Å². The van der Waals surface area contributed by atoms with Gasteiger partial charge in [0.15, 0.2) is 0 Å². The molecule has 1 unspecified atom stereocenters. The molecular weight excluding hydrogens is 383 g/mol. The van der Waals surface area contributed by atoms with Gasteiger partial charge in [-0.15, -0.1) is 0 Å². The van der Waals surface area contributed by atoms with Gasteiger partial charge in [0.1, 0.15) is 29.6 Å². The van der Waals surface area contributed by atoms with Gasteiger partial charge in [-0.25, -0.2) is 9.37 Å². The second kappa shape index (κ2) is 9.12. The molecule has 30 heavy (non-hydrogen) atoms. The summed E-state index contributed by atoms with van der Waals surface area (Å²) in [4.78, 5) is 4.09. The number of hydrogen-bond acceptors (Lipinski definition) is 4. The number of rotatable bonds is 5. The molecule has 6 heteroatoms. The minimum atomic E-state index is -0.680. The number of halogens is 1. The molecule has 2 atom stereocenters. The molecule has 1 aliphatic rings. The lowest BCUT2D eigenvalue weighted by Crippen LogP contribution is -2.15. The van der Waals surface area contributed by atoms with Crippen LogP contribution in [0.4, 0.5) is 4.39 Å². The van der Waals surface area contributed by atoms with E-state index in [0.29, 0.717) is 24.5 Å². The minimum absolute atomic E-state index is 0.102. The van der Waals surface area contributed by atoms with Gasteiger partial charge in [0.25, 0.3) is 0 Å². The first kappa shape index (κ1) is 20.1. The number of nitrogens with zero attached hydrogens (tertiary/aromatic N) is 2. The van der Waals surface area contributed by atoms with Crippen LogP contribution in [0.5, 0.6) is 5.75 Å². The Kier molecular flexibility index (Phi) is 6.12. The zero-order chi connectivity index (χ0) is 20.9. The number of aromatic nitrogens is 2. The molecule has 0 aliphatic carbocycles. The average molecular weight is 406 g/mol. The largest absolute Gasteiger partial charge is 0.488 e. The molecule has 0 radical (unpaired) electrons.